The van der Waals surface area contributed by atoms with E-state index in [0.717, 1.165) is 37.2 Å². The van der Waals surface area contributed by atoms with Crippen LogP contribution in [0.25, 0.3) is 6.08 Å². The highest BCUT2D eigenvalue weighted by molar-refractivity contribution is 7.10. The molecular formula is C16H23NO2S. The molecule has 1 amide bonds. The minimum atomic E-state index is -0.601. The third-order valence-electron chi connectivity index (χ3n) is 3.65. The van der Waals surface area contributed by atoms with E-state index in [9.17, 15) is 9.90 Å². The maximum Gasteiger partial charge on any atom is 0.246 e. The minimum absolute atomic E-state index is 0.0973. The summed E-state index contributed by atoms with van der Waals surface area (Å²) in [6.45, 7) is 5.31. The Kier molecular flexibility index (Phi) is 5.00. The second-order valence-corrected chi connectivity index (χ2v) is 7.11. The SMILES string of the molecule is CC(C)(O)CC1CCN(C(=O)/C=C/c2cccs2)CC1. The number of likely N-dealkylation sites (tertiary alicyclic amines) is 1. The Morgan fingerprint density at radius 1 is 1.50 bits per heavy atom. The molecule has 2 rings (SSSR count). The van der Waals surface area contributed by atoms with Crippen molar-refractivity contribution in [3.63, 3.8) is 0 Å². The lowest BCUT2D eigenvalue weighted by molar-refractivity contribution is -0.127. The lowest BCUT2D eigenvalue weighted by atomic mass is 9.86. The molecule has 1 saturated heterocycles. The average molecular weight is 293 g/mol. The van der Waals surface area contributed by atoms with Gasteiger partial charge in [-0.25, -0.2) is 0 Å². The Hall–Kier alpha value is -1.13. The Labute approximate surface area is 124 Å². The average Bonchev–Trinajstić information content (AvgIpc) is 2.88. The zero-order valence-electron chi connectivity index (χ0n) is 12.2. The van der Waals surface area contributed by atoms with Gasteiger partial charge < -0.3 is 10.0 Å². The number of hydrogen-bond donors (Lipinski definition) is 1. The molecular weight excluding hydrogens is 270 g/mol. The normalized spacial score (nSPS) is 17.9. The Balaban J connectivity index is 1.80. The van der Waals surface area contributed by atoms with Crippen molar-refractivity contribution < 1.29 is 9.90 Å². The van der Waals surface area contributed by atoms with Crippen molar-refractivity contribution in [2.45, 2.75) is 38.7 Å². The van der Waals surface area contributed by atoms with Gasteiger partial charge in [0, 0.05) is 24.0 Å². The summed E-state index contributed by atoms with van der Waals surface area (Å²) in [4.78, 5) is 15.1. The third kappa shape index (κ3) is 4.76. The van der Waals surface area contributed by atoms with Gasteiger partial charge in [-0.2, -0.15) is 0 Å². The van der Waals surface area contributed by atoms with Crippen LogP contribution in [0.4, 0.5) is 0 Å². The van der Waals surface area contributed by atoms with E-state index in [1.807, 2.05) is 42.3 Å². The molecule has 3 nitrogen and oxygen atoms in total. The highest BCUT2D eigenvalue weighted by Gasteiger charge is 2.26. The van der Waals surface area contributed by atoms with Crippen LogP contribution >= 0.6 is 11.3 Å². The Bertz CT molecular complexity index is 451. The summed E-state index contributed by atoms with van der Waals surface area (Å²) in [5, 5.41) is 11.9. The van der Waals surface area contributed by atoms with E-state index in [0.29, 0.717) is 5.92 Å². The fourth-order valence-corrected chi connectivity index (χ4v) is 3.33. The molecule has 4 heteroatoms. The van der Waals surface area contributed by atoms with E-state index in [-0.39, 0.29) is 5.91 Å². The predicted molar refractivity (Wildman–Crippen MR) is 83.6 cm³/mol. The van der Waals surface area contributed by atoms with Gasteiger partial charge in [0.05, 0.1) is 5.60 Å². The van der Waals surface area contributed by atoms with E-state index in [1.165, 1.54) is 0 Å². The van der Waals surface area contributed by atoms with Gasteiger partial charge >= 0.3 is 0 Å². The van der Waals surface area contributed by atoms with Gasteiger partial charge in [-0.1, -0.05) is 6.07 Å². The van der Waals surface area contributed by atoms with Crippen molar-refractivity contribution in [3.05, 3.63) is 28.5 Å². The van der Waals surface area contributed by atoms with E-state index < -0.39 is 5.60 Å². The van der Waals surface area contributed by atoms with Gasteiger partial charge in [0.25, 0.3) is 0 Å². The number of rotatable bonds is 4. The number of carbonyl (C=O) groups is 1. The second-order valence-electron chi connectivity index (χ2n) is 6.13. The van der Waals surface area contributed by atoms with Crippen molar-refractivity contribution in [2.75, 3.05) is 13.1 Å². The van der Waals surface area contributed by atoms with Crippen LogP contribution in [0.15, 0.2) is 23.6 Å². The number of hydrogen-bond acceptors (Lipinski definition) is 3. The van der Waals surface area contributed by atoms with E-state index >= 15 is 0 Å². The molecule has 0 aliphatic carbocycles. The first-order valence-electron chi connectivity index (χ1n) is 7.17. The summed E-state index contributed by atoms with van der Waals surface area (Å²) in [5.74, 6) is 0.625. The van der Waals surface area contributed by atoms with Crippen LogP contribution in [-0.2, 0) is 4.79 Å². The molecule has 0 aromatic carbocycles. The van der Waals surface area contributed by atoms with Crippen LogP contribution in [0.3, 0.4) is 0 Å². The number of amides is 1. The van der Waals surface area contributed by atoms with Crippen molar-refractivity contribution in [1.82, 2.24) is 4.90 Å². The van der Waals surface area contributed by atoms with Gasteiger partial charge in [0.2, 0.25) is 5.91 Å². The lowest BCUT2D eigenvalue weighted by Gasteiger charge is -2.34. The third-order valence-corrected chi connectivity index (χ3v) is 4.49. The van der Waals surface area contributed by atoms with E-state index in [1.54, 1.807) is 17.4 Å². The van der Waals surface area contributed by atoms with Gasteiger partial charge in [-0.05, 0) is 56.6 Å². The maximum absolute atomic E-state index is 12.1. The van der Waals surface area contributed by atoms with Crippen molar-refractivity contribution >= 4 is 23.3 Å². The lowest BCUT2D eigenvalue weighted by Crippen LogP contribution is -2.39. The molecule has 1 N–H and O–H groups in total. The number of aliphatic hydroxyl groups is 1. The molecule has 1 aliphatic rings. The largest absolute Gasteiger partial charge is 0.390 e. The Morgan fingerprint density at radius 2 is 2.20 bits per heavy atom. The van der Waals surface area contributed by atoms with Crippen molar-refractivity contribution in [3.8, 4) is 0 Å². The van der Waals surface area contributed by atoms with Crippen molar-refractivity contribution in [2.24, 2.45) is 5.92 Å². The number of piperidine rings is 1. The molecule has 2 heterocycles. The molecule has 0 bridgehead atoms. The molecule has 0 spiro atoms. The van der Waals surface area contributed by atoms with Crippen LogP contribution in [0.2, 0.25) is 0 Å². The fraction of sp³-hybridized carbons (Fsp3) is 0.562. The highest BCUT2D eigenvalue weighted by atomic mass is 32.1. The van der Waals surface area contributed by atoms with Gasteiger partial charge in [0.1, 0.15) is 0 Å². The number of thiophene rings is 1. The fourth-order valence-electron chi connectivity index (χ4n) is 2.71. The van der Waals surface area contributed by atoms with Crippen LogP contribution < -0.4 is 0 Å². The monoisotopic (exact) mass is 293 g/mol. The molecule has 1 fully saturated rings. The van der Waals surface area contributed by atoms with Crippen LogP contribution in [0.5, 0.6) is 0 Å². The first-order chi connectivity index (χ1) is 9.44. The standard InChI is InChI=1S/C16H23NO2S/c1-16(2,19)12-13-7-9-17(10-8-13)15(18)6-5-14-4-3-11-20-14/h3-6,11,13,19H,7-10,12H2,1-2H3/b6-5+. The molecule has 1 aromatic heterocycles. The zero-order valence-corrected chi connectivity index (χ0v) is 13.0. The van der Waals surface area contributed by atoms with Crippen LogP contribution in [-0.4, -0.2) is 34.6 Å². The summed E-state index contributed by atoms with van der Waals surface area (Å²) in [6.07, 6.45) is 6.35. The summed E-state index contributed by atoms with van der Waals surface area (Å²) < 4.78 is 0. The molecule has 0 saturated carbocycles. The summed E-state index contributed by atoms with van der Waals surface area (Å²) in [7, 11) is 0. The van der Waals surface area contributed by atoms with Crippen molar-refractivity contribution in [1.29, 1.82) is 0 Å². The van der Waals surface area contributed by atoms with E-state index in [2.05, 4.69) is 0 Å². The molecule has 1 aliphatic heterocycles. The van der Waals surface area contributed by atoms with E-state index in [4.69, 9.17) is 0 Å². The smallest absolute Gasteiger partial charge is 0.246 e. The van der Waals surface area contributed by atoms with Gasteiger partial charge in [-0.15, -0.1) is 11.3 Å². The number of nitrogens with zero attached hydrogens (tertiary/aromatic N) is 1. The minimum Gasteiger partial charge on any atom is -0.390 e. The summed E-state index contributed by atoms with van der Waals surface area (Å²) in [5.41, 5.74) is -0.601. The predicted octanol–water partition coefficient (Wildman–Crippen LogP) is 3.16. The molecule has 0 radical (unpaired) electrons. The molecule has 0 unspecified atom stereocenters. The molecule has 110 valence electrons. The molecule has 0 atom stereocenters. The topological polar surface area (TPSA) is 40.5 Å². The maximum atomic E-state index is 12.1. The second kappa shape index (κ2) is 6.55. The van der Waals surface area contributed by atoms with Crippen LogP contribution in [0.1, 0.15) is 38.0 Å². The first-order valence-corrected chi connectivity index (χ1v) is 8.05. The van der Waals surface area contributed by atoms with Gasteiger partial charge in [-0.3, -0.25) is 4.79 Å². The quantitative estimate of drug-likeness (QED) is 0.866. The van der Waals surface area contributed by atoms with Gasteiger partial charge in [0.15, 0.2) is 0 Å². The molecule has 20 heavy (non-hydrogen) atoms. The Morgan fingerprint density at radius 3 is 2.75 bits per heavy atom. The highest BCUT2D eigenvalue weighted by Crippen LogP contribution is 2.26. The summed E-state index contributed by atoms with van der Waals surface area (Å²) >= 11 is 1.63. The zero-order chi connectivity index (χ0) is 14.6. The number of carbonyl (C=O) groups excluding carboxylic acids is 1. The molecule has 1 aromatic rings. The first kappa shape index (κ1) is 15.3. The van der Waals surface area contributed by atoms with Crippen LogP contribution in [0, 0.1) is 5.92 Å². The summed E-state index contributed by atoms with van der Waals surface area (Å²) in [6, 6.07) is 3.99.